The fourth-order valence-electron chi connectivity index (χ4n) is 1.21. The van der Waals surface area contributed by atoms with Gasteiger partial charge in [-0.3, -0.25) is 4.79 Å². The standard InChI is InChI=1S/C7H14N2OS/c1-5(4-11-2)9-3-6(8)7(9)10/h5-6H,3-4,8H2,1-2H3. The highest BCUT2D eigenvalue weighted by atomic mass is 32.2. The molecule has 1 rings (SSSR count). The molecule has 0 saturated carbocycles. The Balaban J connectivity index is 2.33. The fraction of sp³-hybridized carbons (Fsp3) is 0.857. The number of hydrogen-bond acceptors (Lipinski definition) is 3. The van der Waals surface area contributed by atoms with Gasteiger partial charge in [-0.25, -0.2) is 0 Å². The summed E-state index contributed by atoms with van der Waals surface area (Å²) in [4.78, 5) is 12.9. The van der Waals surface area contributed by atoms with E-state index in [4.69, 9.17) is 5.73 Å². The van der Waals surface area contributed by atoms with Gasteiger partial charge in [0.15, 0.2) is 0 Å². The van der Waals surface area contributed by atoms with Gasteiger partial charge in [0.05, 0.1) is 0 Å². The average molecular weight is 174 g/mol. The van der Waals surface area contributed by atoms with E-state index < -0.39 is 0 Å². The number of carbonyl (C=O) groups excluding carboxylic acids is 1. The van der Waals surface area contributed by atoms with Crippen molar-refractivity contribution in [2.24, 2.45) is 5.73 Å². The molecule has 2 unspecified atom stereocenters. The first-order valence-electron chi connectivity index (χ1n) is 3.71. The lowest BCUT2D eigenvalue weighted by molar-refractivity contribution is -0.144. The Bertz CT molecular complexity index is 163. The van der Waals surface area contributed by atoms with Gasteiger partial charge >= 0.3 is 0 Å². The van der Waals surface area contributed by atoms with Crippen LogP contribution >= 0.6 is 11.8 Å². The third kappa shape index (κ3) is 1.68. The number of carbonyl (C=O) groups is 1. The van der Waals surface area contributed by atoms with Crippen LogP contribution in [0.2, 0.25) is 0 Å². The van der Waals surface area contributed by atoms with Crippen molar-refractivity contribution in [3.8, 4) is 0 Å². The Morgan fingerprint density at radius 3 is 2.91 bits per heavy atom. The molecule has 0 aromatic heterocycles. The van der Waals surface area contributed by atoms with Crippen LogP contribution in [0.1, 0.15) is 6.92 Å². The topological polar surface area (TPSA) is 46.3 Å². The third-order valence-corrected chi connectivity index (χ3v) is 2.75. The smallest absolute Gasteiger partial charge is 0.241 e. The van der Waals surface area contributed by atoms with E-state index in [-0.39, 0.29) is 11.9 Å². The maximum absolute atomic E-state index is 11.1. The predicted octanol–water partition coefficient (Wildman–Crippen LogP) is -0.0926. The first kappa shape index (κ1) is 8.87. The zero-order valence-corrected chi connectivity index (χ0v) is 7.73. The summed E-state index contributed by atoms with van der Waals surface area (Å²) in [5, 5.41) is 0. The van der Waals surface area contributed by atoms with E-state index in [2.05, 4.69) is 6.92 Å². The van der Waals surface area contributed by atoms with Crippen molar-refractivity contribution >= 4 is 17.7 Å². The molecule has 0 aromatic carbocycles. The largest absolute Gasteiger partial charge is 0.336 e. The molecule has 0 bridgehead atoms. The quantitative estimate of drug-likeness (QED) is 0.608. The van der Waals surface area contributed by atoms with Crippen molar-refractivity contribution in [1.29, 1.82) is 0 Å². The van der Waals surface area contributed by atoms with E-state index in [0.29, 0.717) is 6.04 Å². The summed E-state index contributed by atoms with van der Waals surface area (Å²) in [6, 6.07) is 0.122. The zero-order valence-electron chi connectivity index (χ0n) is 6.91. The molecule has 0 aliphatic carbocycles. The first-order valence-corrected chi connectivity index (χ1v) is 5.11. The fourth-order valence-corrected chi connectivity index (χ4v) is 1.87. The van der Waals surface area contributed by atoms with Crippen molar-refractivity contribution in [3.05, 3.63) is 0 Å². The number of hydrogen-bond donors (Lipinski definition) is 1. The zero-order chi connectivity index (χ0) is 8.43. The second kappa shape index (κ2) is 3.45. The molecule has 1 aliphatic heterocycles. The highest BCUT2D eigenvalue weighted by Gasteiger charge is 2.35. The van der Waals surface area contributed by atoms with Gasteiger partial charge in [-0.2, -0.15) is 11.8 Å². The minimum absolute atomic E-state index is 0.103. The number of β-lactam (4-membered cyclic amide) rings is 1. The van der Waals surface area contributed by atoms with Gasteiger partial charge in [-0.15, -0.1) is 0 Å². The minimum atomic E-state index is -0.223. The first-order chi connectivity index (χ1) is 5.16. The molecule has 0 aromatic rings. The molecular formula is C7H14N2OS. The van der Waals surface area contributed by atoms with E-state index in [1.54, 1.807) is 11.8 Å². The third-order valence-electron chi connectivity index (χ3n) is 1.93. The molecule has 2 atom stereocenters. The molecule has 11 heavy (non-hydrogen) atoms. The number of thioether (sulfide) groups is 1. The lowest BCUT2D eigenvalue weighted by Gasteiger charge is -2.40. The van der Waals surface area contributed by atoms with Gasteiger partial charge in [-0.05, 0) is 13.2 Å². The molecule has 4 heteroatoms. The van der Waals surface area contributed by atoms with Crippen LogP contribution in [0.4, 0.5) is 0 Å². The van der Waals surface area contributed by atoms with Crippen LogP contribution in [0, 0.1) is 0 Å². The van der Waals surface area contributed by atoms with Crippen molar-refractivity contribution in [1.82, 2.24) is 4.90 Å². The van der Waals surface area contributed by atoms with E-state index in [9.17, 15) is 4.79 Å². The highest BCUT2D eigenvalue weighted by molar-refractivity contribution is 7.98. The molecule has 3 nitrogen and oxygen atoms in total. The number of rotatable bonds is 3. The molecule has 1 amide bonds. The molecular weight excluding hydrogens is 160 g/mol. The number of likely N-dealkylation sites (tertiary alicyclic amines) is 1. The van der Waals surface area contributed by atoms with Crippen molar-refractivity contribution in [3.63, 3.8) is 0 Å². The van der Waals surface area contributed by atoms with Crippen molar-refractivity contribution in [2.75, 3.05) is 18.6 Å². The molecule has 1 saturated heterocycles. The van der Waals surface area contributed by atoms with E-state index >= 15 is 0 Å². The van der Waals surface area contributed by atoms with Gasteiger partial charge in [-0.1, -0.05) is 0 Å². The van der Waals surface area contributed by atoms with Gasteiger partial charge in [0.25, 0.3) is 0 Å². The highest BCUT2D eigenvalue weighted by Crippen LogP contribution is 2.14. The van der Waals surface area contributed by atoms with E-state index in [1.165, 1.54) is 0 Å². The Hall–Kier alpha value is -0.220. The summed E-state index contributed by atoms with van der Waals surface area (Å²) in [6.07, 6.45) is 2.04. The molecule has 0 radical (unpaired) electrons. The van der Waals surface area contributed by atoms with Crippen LogP contribution < -0.4 is 5.73 Å². The monoisotopic (exact) mass is 174 g/mol. The van der Waals surface area contributed by atoms with Crippen LogP contribution in [-0.2, 0) is 4.79 Å². The van der Waals surface area contributed by atoms with Crippen LogP contribution in [0.25, 0.3) is 0 Å². The predicted molar refractivity (Wildman–Crippen MR) is 47.5 cm³/mol. The minimum Gasteiger partial charge on any atom is -0.336 e. The van der Waals surface area contributed by atoms with Crippen molar-refractivity contribution in [2.45, 2.75) is 19.0 Å². The Labute approximate surface area is 71.3 Å². The lowest BCUT2D eigenvalue weighted by Crippen LogP contribution is -2.64. The Morgan fingerprint density at radius 2 is 2.55 bits per heavy atom. The average Bonchev–Trinajstić information content (AvgIpc) is 1.99. The number of amides is 1. The molecule has 1 heterocycles. The summed E-state index contributed by atoms with van der Waals surface area (Å²) in [7, 11) is 0. The van der Waals surface area contributed by atoms with Crippen LogP contribution in [-0.4, -0.2) is 41.4 Å². The van der Waals surface area contributed by atoms with Gasteiger partial charge in [0.1, 0.15) is 6.04 Å². The summed E-state index contributed by atoms with van der Waals surface area (Å²) in [5.74, 6) is 1.10. The van der Waals surface area contributed by atoms with Gasteiger partial charge in [0.2, 0.25) is 5.91 Å². The van der Waals surface area contributed by atoms with Gasteiger partial charge in [0, 0.05) is 18.3 Å². The van der Waals surface area contributed by atoms with Crippen LogP contribution in [0.3, 0.4) is 0 Å². The molecule has 1 fully saturated rings. The van der Waals surface area contributed by atoms with Crippen LogP contribution in [0.5, 0.6) is 0 Å². The van der Waals surface area contributed by atoms with Gasteiger partial charge < -0.3 is 10.6 Å². The maximum Gasteiger partial charge on any atom is 0.241 e. The summed E-state index contributed by atoms with van der Waals surface area (Å²) in [5.41, 5.74) is 5.45. The SMILES string of the molecule is CSCC(C)N1CC(N)C1=O. The Morgan fingerprint density at radius 1 is 1.91 bits per heavy atom. The second-order valence-electron chi connectivity index (χ2n) is 2.90. The second-order valence-corrected chi connectivity index (χ2v) is 3.81. The van der Waals surface area contributed by atoms with E-state index in [0.717, 1.165) is 12.3 Å². The van der Waals surface area contributed by atoms with Crippen LogP contribution in [0.15, 0.2) is 0 Å². The molecule has 1 aliphatic rings. The maximum atomic E-state index is 11.1. The summed E-state index contributed by atoms with van der Waals surface area (Å²) >= 11 is 1.76. The summed E-state index contributed by atoms with van der Waals surface area (Å²) in [6.45, 7) is 2.79. The lowest BCUT2D eigenvalue weighted by atomic mass is 10.1. The normalized spacial score (nSPS) is 26.6. The van der Waals surface area contributed by atoms with Crippen molar-refractivity contribution < 1.29 is 4.79 Å². The number of nitrogens with zero attached hydrogens (tertiary/aromatic N) is 1. The Kier molecular flexibility index (Phi) is 2.78. The molecule has 0 spiro atoms. The molecule has 2 N–H and O–H groups in total. The number of nitrogens with two attached hydrogens (primary N) is 1. The summed E-state index contributed by atoms with van der Waals surface area (Å²) < 4.78 is 0. The van der Waals surface area contributed by atoms with E-state index in [1.807, 2.05) is 11.2 Å². The molecule has 64 valence electrons.